The number of hydrogen-bond donors (Lipinski definition) is 1. The molecule has 0 heterocycles. The fraction of sp³-hybridized carbons (Fsp3) is 0.417. The van der Waals surface area contributed by atoms with Crippen molar-refractivity contribution in [1.29, 1.82) is 0 Å². The van der Waals surface area contributed by atoms with Crippen molar-refractivity contribution in [1.82, 2.24) is 0 Å². The summed E-state index contributed by atoms with van der Waals surface area (Å²) in [5.74, 6) is -0.223. The molecule has 0 unspecified atom stereocenters. The lowest BCUT2D eigenvalue weighted by Gasteiger charge is -2.09. The largest absolute Gasteiger partial charge is 0.466 e. The molecule has 0 aliphatic carbocycles. The first-order valence-electron chi connectivity index (χ1n) is 5.29. The molecule has 0 aliphatic heterocycles. The minimum absolute atomic E-state index is 0.114. The molecule has 0 radical (unpaired) electrons. The van der Waals surface area contributed by atoms with Crippen molar-refractivity contribution in [2.24, 2.45) is 0 Å². The van der Waals surface area contributed by atoms with Crippen molar-refractivity contribution >= 4 is 17.6 Å². The quantitative estimate of drug-likeness (QED) is 0.820. The first-order valence-corrected chi connectivity index (χ1v) is 5.67. The van der Waals surface area contributed by atoms with E-state index >= 15 is 0 Å². The lowest BCUT2D eigenvalue weighted by molar-refractivity contribution is -0.425. The number of aryl methyl sites for hydroxylation is 1. The highest BCUT2D eigenvalue weighted by Crippen LogP contribution is 2.21. The maximum atomic E-state index is 11.3. The molecule has 0 aliphatic rings. The fourth-order valence-corrected chi connectivity index (χ4v) is 1.59. The van der Waals surface area contributed by atoms with E-state index in [9.17, 15) is 4.79 Å². The van der Waals surface area contributed by atoms with Crippen LogP contribution >= 0.6 is 11.6 Å². The average Bonchev–Trinajstić information content (AvgIpc) is 2.22. The van der Waals surface area contributed by atoms with Crippen molar-refractivity contribution in [2.75, 3.05) is 6.61 Å². The summed E-state index contributed by atoms with van der Waals surface area (Å²) in [6, 6.07) is 5.62. The molecular weight excluding hydrogens is 226 g/mol. The van der Waals surface area contributed by atoms with E-state index in [-0.39, 0.29) is 18.4 Å². The third-order valence-corrected chi connectivity index (χ3v) is 2.79. The van der Waals surface area contributed by atoms with E-state index in [1.807, 2.05) is 25.1 Å². The maximum Gasteiger partial charge on any atom is 0.312 e. The van der Waals surface area contributed by atoms with E-state index in [2.05, 4.69) is 5.73 Å². The van der Waals surface area contributed by atoms with E-state index in [1.165, 1.54) is 0 Å². The molecule has 0 saturated carbocycles. The molecule has 16 heavy (non-hydrogen) atoms. The Kier molecular flexibility index (Phi) is 4.77. The van der Waals surface area contributed by atoms with Crippen molar-refractivity contribution in [3.8, 4) is 0 Å². The van der Waals surface area contributed by atoms with Gasteiger partial charge in [-0.2, -0.15) is 0 Å². The number of ether oxygens (including phenoxy) is 1. The van der Waals surface area contributed by atoms with Crippen LogP contribution in [0.4, 0.5) is 0 Å². The number of benzene rings is 1. The zero-order valence-electron chi connectivity index (χ0n) is 9.63. The van der Waals surface area contributed by atoms with E-state index in [0.717, 1.165) is 11.1 Å². The van der Waals surface area contributed by atoms with Gasteiger partial charge in [0.15, 0.2) is 0 Å². The highest BCUT2D eigenvalue weighted by atomic mass is 35.5. The third-order valence-electron chi connectivity index (χ3n) is 2.39. The molecule has 4 heteroatoms. The number of quaternary nitrogens is 1. The number of carbonyl (C=O) groups excluding carboxylic acids is 1. The second-order valence-electron chi connectivity index (χ2n) is 3.71. The molecule has 1 rings (SSSR count). The lowest BCUT2D eigenvalue weighted by Crippen LogP contribution is -2.54. The van der Waals surface area contributed by atoms with Crippen molar-refractivity contribution in [3.05, 3.63) is 34.3 Å². The van der Waals surface area contributed by atoms with Gasteiger partial charge in [0.05, 0.1) is 6.61 Å². The number of hydrogen-bond acceptors (Lipinski definition) is 2. The molecule has 1 atom stereocenters. The number of carbonyl (C=O) groups is 1. The molecule has 3 nitrogen and oxygen atoms in total. The topological polar surface area (TPSA) is 53.9 Å². The van der Waals surface area contributed by atoms with Crippen LogP contribution in [0.2, 0.25) is 5.02 Å². The summed E-state index contributed by atoms with van der Waals surface area (Å²) in [7, 11) is 0. The Balaban J connectivity index is 2.69. The Labute approximate surface area is 101 Å². The van der Waals surface area contributed by atoms with Crippen LogP contribution in [0.25, 0.3) is 0 Å². The van der Waals surface area contributed by atoms with Gasteiger partial charge < -0.3 is 10.5 Å². The van der Waals surface area contributed by atoms with E-state index in [4.69, 9.17) is 16.3 Å². The molecule has 3 N–H and O–H groups in total. The van der Waals surface area contributed by atoms with Crippen LogP contribution < -0.4 is 5.73 Å². The third kappa shape index (κ3) is 3.51. The summed E-state index contributed by atoms with van der Waals surface area (Å²) >= 11 is 6.01. The number of esters is 1. The van der Waals surface area contributed by atoms with Gasteiger partial charge in [-0.15, -0.1) is 0 Å². The average molecular weight is 243 g/mol. The van der Waals surface area contributed by atoms with Crippen molar-refractivity contribution in [3.63, 3.8) is 0 Å². The van der Waals surface area contributed by atoms with Gasteiger partial charge in [0.2, 0.25) is 0 Å². The van der Waals surface area contributed by atoms with Crippen LogP contribution in [0.5, 0.6) is 0 Å². The molecule has 0 aromatic heterocycles. The maximum absolute atomic E-state index is 11.3. The normalized spacial score (nSPS) is 12.2. The highest BCUT2D eigenvalue weighted by Gasteiger charge is 2.16. The Morgan fingerprint density at radius 2 is 2.25 bits per heavy atom. The van der Waals surface area contributed by atoms with Crippen LogP contribution in [0.1, 0.15) is 30.5 Å². The van der Waals surface area contributed by atoms with Gasteiger partial charge in [-0.3, -0.25) is 4.79 Å². The smallest absolute Gasteiger partial charge is 0.312 e. The SMILES string of the molecule is CCOC(=O)C[C@H]([NH3+])c1ccc(C)c(Cl)c1. The molecular formula is C12H17ClNO2+. The van der Waals surface area contributed by atoms with Crippen LogP contribution in [0, 0.1) is 6.92 Å². The zero-order valence-corrected chi connectivity index (χ0v) is 10.4. The molecule has 0 bridgehead atoms. The van der Waals surface area contributed by atoms with Gasteiger partial charge in [-0.1, -0.05) is 23.7 Å². The van der Waals surface area contributed by atoms with E-state index < -0.39 is 0 Å². The zero-order chi connectivity index (χ0) is 12.1. The summed E-state index contributed by atoms with van der Waals surface area (Å²) in [6.07, 6.45) is 0.285. The second-order valence-corrected chi connectivity index (χ2v) is 4.12. The first-order chi connectivity index (χ1) is 7.54. The lowest BCUT2D eigenvalue weighted by atomic mass is 10.0. The van der Waals surface area contributed by atoms with Gasteiger partial charge in [0, 0.05) is 10.6 Å². The van der Waals surface area contributed by atoms with E-state index in [1.54, 1.807) is 6.92 Å². The summed E-state index contributed by atoms with van der Waals surface area (Å²) < 4.78 is 4.88. The van der Waals surface area contributed by atoms with Gasteiger partial charge in [0.1, 0.15) is 12.5 Å². The van der Waals surface area contributed by atoms with Crippen LogP contribution in [-0.2, 0) is 9.53 Å². The Bertz CT molecular complexity index is 379. The molecule has 88 valence electrons. The Hall–Kier alpha value is -1.06. The minimum Gasteiger partial charge on any atom is -0.466 e. The van der Waals surface area contributed by atoms with Gasteiger partial charge in [0.25, 0.3) is 0 Å². The van der Waals surface area contributed by atoms with E-state index in [0.29, 0.717) is 11.6 Å². The number of rotatable bonds is 4. The Morgan fingerprint density at radius 1 is 1.56 bits per heavy atom. The second kappa shape index (κ2) is 5.87. The van der Waals surface area contributed by atoms with Gasteiger partial charge in [-0.05, 0) is 25.5 Å². The van der Waals surface area contributed by atoms with Gasteiger partial charge in [-0.25, -0.2) is 0 Å². The standard InChI is InChI=1S/C12H16ClNO2/c1-3-16-12(15)7-11(14)9-5-4-8(2)10(13)6-9/h4-6,11H,3,7,14H2,1-2H3/p+1/t11-/m0/s1. The summed E-state index contributed by atoms with van der Waals surface area (Å²) in [4.78, 5) is 11.3. The molecule has 0 spiro atoms. The summed E-state index contributed by atoms with van der Waals surface area (Å²) in [5.41, 5.74) is 5.93. The fourth-order valence-electron chi connectivity index (χ4n) is 1.40. The van der Waals surface area contributed by atoms with Crippen LogP contribution in [0.3, 0.4) is 0 Å². The predicted molar refractivity (Wildman–Crippen MR) is 63.1 cm³/mol. The first kappa shape index (κ1) is 13.0. The van der Waals surface area contributed by atoms with Crippen LogP contribution in [0.15, 0.2) is 18.2 Å². The monoisotopic (exact) mass is 242 g/mol. The Morgan fingerprint density at radius 3 is 2.81 bits per heavy atom. The van der Waals surface area contributed by atoms with Crippen molar-refractivity contribution < 1.29 is 15.3 Å². The number of halogens is 1. The predicted octanol–water partition coefficient (Wildman–Crippen LogP) is 1.88. The molecule has 1 aromatic rings. The van der Waals surface area contributed by atoms with Gasteiger partial charge >= 0.3 is 5.97 Å². The summed E-state index contributed by atoms with van der Waals surface area (Å²) in [5, 5.41) is 0.704. The molecule has 0 fully saturated rings. The molecule has 0 amide bonds. The highest BCUT2D eigenvalue weighted by molar-refractivity contribution is 6.31. The van der Waals surface area contributed by atoms with Crippen molar-refractivity contribution in [2.45, 2.75) is 26.3 Å². The molecule has 0 saturated heterocycles. The minimum atomic E-state index is -0.223. The molecule has 1 aromatic carbocycles. The summed E-state index contributed by atoms with van der Waals surface area (Å²) in [6.45, 7) is 4.13. The van der Waals surface area contributed by atoms with Crippen LogP contribution in [-0.4, -0.2) is 12.6 Å².